The van der Waals surface area contributed by atoms with Gasteiger partial charge in [0.1, 0.15) is 18.3 Å². The van der Waals surface area contributed by atoms with Gasteiger partial charge < -0.3 is 34.5 Å². The van der Waals surface area contributed by atoms with E-state index in [2.05, 4.69) is 13.1 Å². The molecule has 1 aliphatic rings. The highest BCUT2D eigenvalue weighted by atomic mass is 31.3. The van der Waals surface area contributed by atoms with Gasteiger partial charge in [0.2, 0.25) is 0 Å². The Morgan fingerprint density at radius 2 is 1.68 bits per heavy atom. The van der Waals surface area contributed by atoms with Crippen LogP contribution in [0.15, 0.2) is 15.8 Å². The first-order valence-corrected chi connectivity index (χ1v) is 12.2. The Labute approximate surface area is 170 Å². The van der Waals surface area contributed by atoms with Gasteiger partial charge >= 0.3 is 29.2 Å². The van der Waals surface area contributed by atoms with Crippen molar-refractivity contribution in [3.63, 3.8) is 0 Å². The summed E-state index contributed by atoms with van der Waals surface area (Å²) >= 11 is 0. The zero-order valence-corrected chi connectivity index (χ0v) is 17.4. The van der Waals surface area contributed by atoms with Crippen molar-refractivity contribution in [1.82, 2.24) is 9.55 Å². The smallest absolute Gasteiger partial charge is 0.387 e. The molecule has 1 aliphatic heterocycles. The molecule has 21 heteroatoms. The minimum absolute atomic E-state index is 0.0966. The number of H-pyrrole nitrogens is 1. The Morgan fingerprint density at radius 3 is 2.23 bits per heavy atom. The van der Waals surface area contributed by atoms with E-state index in [4.69, 9.17) is 19.4 Å². The first kappa shape index (κ1) is 25.9. The summed E-state index contributed by atoms with van der Waals surface area (Å²) in [6.07, 6.45) is -6.30. The molecule has 176 valence electrons. The maximum atomic E-state index is 11.9. The minimum Gasteiger partial charge on any atom is -0.387 e. The van der Waals surface area contributed by atoms with Crippen LogP contribution in [-0.2, 0) is 31.6 Å². The zero-order valence-electron chi connectivity index (χ0n) is 14.7. The van der Waals surface area contributed by atoms with Gasteiger partial charge in [-0.2, -0.15) is 8.62 Å². The van der Waals surface area contributed by atoms with Crippen molar-refractivity contribution in [2.45, 2.75) is 24.5 Å². The molecule has 1 aromatic heterocycles. The highest BCUT2D eigenvalue weighted by molar-refractivity contribution is 7.66. The lowest BCUT2D eigenvalue weighted by Gasteiger charge is -2.19. The summed E-state index contributed by atoms with van der Waals surface area (Å²) in [6.45, 7) is -1.11. The van der Waals surface area contributed by atoms with Gasteiger partial charge in [0.05, 0.1) is 12.2 Å². The van der Waals surface area contributed by atoms with E-state index in [1.54, 1.807) is 4.98 Å². The molecule has 0 bridgehead atoms. The molecule has 2 heterocycles. The Hall–Kier alpha value is -1.36. The van der Waals surface area contributed by atoms with Crippen LogP contribution in [0.2, 0.25) is 0 Å². The highest BCUT2D eigenvalue weighted by Gasteiger charge is 2.46. The number of hydrogen-bond acceptors (Lipinski definition) is 12. The normalized spacial score (nSPS) is 28.1. The summed E-state index contributed by atoms with van der Waals surface area (Å²) in [7, 11) is -16.9. The lowest BCUT2D eigenvalue weighted by Crippen LogP contribution is -2.38. The number of aliphatic hydroxyl groups is 2. The SMILES string of the molecule is O=Cc1cn(C2OC(COP(=O)(O)OP(=O)(O)OP(=O)(O)O)C(O)C2O)c(=O)[nH]c1=O. The van der Waals surface area contributed by atoms with Crippen LogP contribution in [0.3, 0.4) is 0 Å². The maximum Gasteiger partial charge on any atom is 0.490 e. The van der Waals surface area contributed by atoms with Crippen molar-refractivity contribution in [3.8, 4) is 0 Å². The summed E-state index contributed by atoms with van der Waals surface area (Å²) in [4.78, 5) is 71.2. The number of phosphoric ester groups is 1. The Morgan fingerprint density at radius 1 is 1.06 bits per heavy atom. The Kier molecular flexibility index (Phi) is 7.73. The summed E-state index contributed by atoms with van der Waals surface area (Å²) in [5.74, 6) is 0. The molecule has 6 atom stereocenters. The predicted molar refractivity (Wildman–Crippen MR) is 92.5 cm³/mol. The largest absolute Gasteiger partial charge is 0.490 e. The minimum atomic E-state index is -5.77. The van der Waals surface area contributed by atoms with Crippen molar-refractivity contribution in [2.75, 3.05) is 6.61 Å². The molecular formula is C10H15N2O16P3. The van der Waals surface area contributed by atoms with Crippen LogP contribution in [0, 0.1) is 0 Å². The van der Waals surface area contributed by atoms with Gasteiger partial charge in [-0.1, -0.05) is 0 Å². The predicted octanol–water partition coefficient (Wildman–Crippen LogP) is -2.69. The third kappa shape index (κ3) is 6.81. The van der Waals surface area contributed by atoms with Crippen LogP contribution in [0.1, 0.15) is 16.6 Å². The number of phosphoric acid groups is 3. The van der Waals surface area contributed by atoms with E-state index >= 15 is 0 Å². The third-order valence-electron chi connectivity index (χ3n) is 3.55. The van der Waals surface area contributed by atoms with E-state index in [9.17, 15) is 43.2 Å². The van der Waals surface area contributed by atoms with Crippen LogP contribution in [0.25, 0.3) is 0 Å². The topological polar surface area (TPSA) is 281 Å². The highest BCUT2D eigenvalue weighted by Crippen LogP contribution is 2.66. The average Bonchev–Trinajstić information content (AvgIpc) is 2.85. The van der Waals surface area contributed by atoms with Crippen LogP contribution in [0.4, 0.5) is 0 Å². The van der Waals surface area contributed by atoms with Gasteiger partial charge in [-0.3, -0.25) is 23.7 Å². The van der Waals surface area contributed by atoms with Crippen molar-refractivity contribution in [3.05, 3.63) is 32.6 Å². The van der Waals surface area contributed by atoms with Crippen LogP contribution in [0.5, 0.6) is 0 Å². The van der Waals surface area contributed by atoms with Gasteiger partial charge in [0, 0.05) is 6.20 Å². The van der Waals surface area contributed by atoms with Gasteiger partial charge in [-0.25, -0.2) is 18.5 Å². The molecule has 2 rings (SSSR count). The Balaban J connectivity index is 2.13. The fraction of sp³-hybridized carbons (Fsp3) is 0.500. The lowest BCUT2D eigenvalue weighted by atomic mass is 10.1. The molecule has 0 aromatic carbocycles. The Bertz CT molecular complexity index is 1090. The first-order valence-electron chi connectivity index (χ1n) is 7.66. The summed E-state index contributed by atoms with van der Waals surface area (Å²) in [5, 5.41) is 20.0. The maximum absolute atomic E-state index is 11.9. The van der Waals surface area contributed by atoms with E-state index in [1.165, 1.54) is 0 Å². The number of aliphatic hydroxyl groups excluding tert-OH is 2. The molecule has 0 saturated carbocycles. The molecule has 7 N–H and O–H groups in total. The number of aromatic nitrogens is 2. The molecule has 6 unspecified atom stereocenters. The van der Waals surface area contributed by atoms with Crippen molar-refractivity contribution >= 4 is 29.8 Å². The van der Waals surface area contributed by atoms with Gasteiger partial charge in [0.15, 0.2) is 12.5 Å². The fourth-order valence-electron chi connectivity index (χ4n) is 2.34. The number of carbonyl (C=O) groups excluding carboxylic acids is 1. The number of hydrogen-bond donors (Lipinski definition) is 7. The van der Waals surface area contributed by atoms with Crippen LogP contribution in [-0.4, -0.2) is 70.5 Å². The molecule has 0 amide bonds. The molecular weight excluding hydrogens is 497 g/mol. The standard InChI is InChI=1S/C10H15N2O16P3/c13-2-4-1-12(10(17)11-8(4)16)9-7(15)6(14)5(26-9)3-25-30(21,22)28-31(23,24)27-29(18,19)20/h1-2,5-7,9,14-15H,3H2,(H,21,22)(H,23,24)(H,11,16,17)(H2,18,19,20). The molecule has 18 nitrogen and oxygen atoms in total. The average molecular weight is 512 g/mol. The van der Waals surface area contributed by atoms with Crippen LogP contribution >= 0.6 is 23.5 Å². The summed E-state index contributed by atoms with van der Waals surface area (Å²) in [5.41, 5.74) is -2.70. The van der Waals surface area contributed by atoms with Crippen LogP contribution < -0.4 is 11.2 Å². The van der Waals surface area contributed by atoms with E-state index in [-0.39, 0.29) is 6.29 Å². The monoisotopic (exact) mass is 512 g/mol. The molecule has 1 saturated heterocycles. The van der Waals surface area contributed by atoms with Crippen molar-refractivity contribution < 1.29 is 66.2 Å². The fourth-order valence-corrected chi connectivity index (χ4v) is 5.37. The molecule has 31 heavy (non-hydrogen) atoms. The van der Waals surface area contributed by atoms with E-state index in [0.717, 1.165) is 6.20 Å². The molecule has 0 radical (unpaired) electrons. The van der Waals surface area contributed by atoms with E-state index < -0.39 is 71.4 Å². The van der Waals surface area contributed by atoms with Gasteiger partial charge in [-0.05, 0) is 0 Å². The van der Waals surface area contributed by atoms with Gasteiger partial charge in [0.25, 0.3) is 5.56 Å². The van der Waals surface area contributed by atoms with Gasteiger partial charge in [-0.15, -0.1) is 0 Å². The first-order chi connectivity index (χ1) is 14.1. The summed E-state index contributed by atoms with van der Waals surface area (Å²) in [6, 6.07) is 0. The second-order valence-electron chi connectivity index (χ2n) is 5.80. The number of carbonyl (C=O) groups is 1. The quantitative estimate of drug-likeness (QED) is 0.131. The van der Waals surface area contributed by atoms with E-state index in [0.29, 0.717) is 4.57 Å². The third-order valence-corrected chi connectivity index (χ3v) is 7.35. The number of aromatic amines is 1. The molecule has 0 aliphatic carbocycles. The second-order valence-corrected chi connectivity index (χ2v) is 10.2. The number of nitrogens with one attached hydrogen (secondary N) is 1. The number of aldehydes is 1. The molecule has 1 aromatic rings. The van der Waals surface area contributed by atoms with E-state index in [1.807, 2.05) is 0 Å². The summed E-state index contributed by atoms with van der Waals surface area (Å²) < 4.78 is 50.5. The number of rotatable bonds is 9. The number of nitrogens with zero attached hydrogens (tertiary/aromatic N) is 1. The lowest BCUT2D eigenvalue weighted by molar-refractivity contribution is -0.0542. The molecule has 0 spiro atoms. The number of ether oxygens (including phenoxy) is 1. The zero-order chi connectivity index (χ0) is 23.8. The van der Waals surface area contributed by atoms with Crippen molar-refractivity contribution in [2.24, 2.45) is 0 Å². The second kappa shape index (κ2) is 9.25. The van der Waals surface area contributed by atoms with Crippen molar-refractivity contribution in [1.29, 1.82) is 0 Å². The molecule has 1 fully saturated rings.